The van der Waals surface area contributed by atoms with Gasteiger partial charge >= 0.3 is 0 Å². The van der Waals surface area contributed by atoms with Crippen molar-refractivity contribution in [1.82, 2.24) is 0 Å². The fourth-order valence-corrected chi connectivity index (χ4v) is 2.01. The Balaban J connectivity index is 2.07. The van der Waals surface area contributed by atoms with E-state index in [1.807, 2.05) is 36.4 Å². The lowest BCUT2D eigenvalue weighted by Gasteiger charge is -2.12. The molecular formula is C18H22N2O2. The zero-order chi connectivity index (χ0) is 15.8. The molecule has 0 spiro atoms. The summed E-state index contributed by atoms with van der Waals surface area (Å²) in [5.41, 5.74) is 7.84. The van der Waals surface area contributed by atoms with Crippen LogP contribution in [-0.4, -0.2) is 12.5 Å². The van der Waals surface area contributed by atoms with Crippen molar-refractivity contribution >= 4 is 11.6 Å². The van der Waals surface area contributed by atoms with Gasteiger partial charge in [0.05, 0.1) is 12.3 Å². The van der Waals surface area contributed by atoms with Gasteiger partial charge in [0.25, 0.3) is 5.91 Å². The molecule has 4 heteroatoms. The molecule has 0 bridgehead atoms. The first-order valence-corrected chi connectivity index (χ1v) is 7.56. The van der Waals surface area contributed by atoms with Gasteiger partial charge in [0.1, 0.15) is 5.75 Å². The summed E-state index contributed by atoms with van der Waals surface area (Å²) >= 11 is 0. The summed E-state index contributed by atoms with van der Waals surface area (Å²) in [5.74, 6) is 0.540. The van der Waals surface area contributed by atoms with Crippen molar-refractivity contribution in [3.8, 4) is 5.75 Å². The van der Waals surface area contributed by atoms with Gasteiger partial charge in [-0.1, -0.05) is 37.6 Å². The van der Waals surface area contributed by atoms with Gasteiger partial charge in [0, 0.05) is 12.1 Å². The molecule has 1 amide bonds. The second-order valence-corrected chi connectivity index (χ2v) is 5.05. The Morgan fingerprint density at radius 3 is 2.55 bits per heavy atom. The molecule has 2 aromatic carbocycles. The molecule has 0 saturated heterocycles. The van der Waals surface area contributed by atoms with Crippen molar-refractivity contribution in [3.63, 3.8) is 0 Å². The number of ether oxygens (including phenoxy) is 1. The van der Waals surface area contributed by atoms with E-state index >= 15 is 0 Å². The molecule has 4 nitrogen and oxygen atoms in total. The van der Waals surface area contributed by atoms with Gasteiger partial charge in [-0.15, -0.1) is 0 Å². The quantitative estimate of drug-likeness (QED) is 0.768. The van der Waals surface area contributed by atoms with E-state index < -0.39 is 0 Å². The van der Waals surface area contributed by atoms with Crippen molar-refractivity contribution in [2.75, 3.05) is 11.9 Å². The van der Waals surface area contributed by atoms with Crippen LogP contribution in [0.5, 0.6) is 5.75 Å². The predicted molar refractivity (Wildman–Crippen MR) is 89.1 cm³/mol. The zero-order valence-electron chi connectivity index (χ0n) is 12.8. The Kier molecular flexibility index (Phi) is 5.98. The molecule has 0 unspecified atom stereocenters. The third kappa shape index (κ3) is 4.33. The first-order valence-electron chi connectivity index (χ1n) is 7.56. The van der Waals surface area contributed by atoms with Crippen LogP contribution in [0.2, 0.25) is 0 Å². The molecule has 0 aliphatic rings. The van der Waals surface area contributed by atoms with Crippen molar-refractivity contribution in [3.05, 3.63) is 59.7 Å². The maximum absolute atomic E-state index is 12.3. The van der Waals surface area contributed by atoms with Gasteiger partial charge in [-0.2, -0.15) is 0 Å². The van der Waals surface area contributed by atoms with Crippen molar-refractivity contribution in [2.24, 2.45) is 5.73 Å². The zero-order valence-corrected chi connectivity index (χ0v) is 12.8. The highest BCUT2D eigenvalue weighted by Crippen LogP contribution is 2.24. The molecule has 0 heterocycles. The first kappa shape index (κ1) is 16.0. The number of carbonyl (C=O) groups excluding carboxylic acids is 1. The lowest BCUT2D eigenvalue weighted by atomic mass is 10.1. The van der Waals surface area contributed by atoms with E-state index in [1.54, 1.807) is 12.1 Å². The molecule has 2 aromatic rings. The average molecular weight is 298 g/mol. The highest BCUT2D eigenvalue weighted by molar-refractivity contribution is 6.05. The lowest BCUT2D eigenvalue weighted by Crippen LogP contribution is -2.13. The van der Waals surface area contributed by atoms with E-state index in [2.05, 4.69) is 12.2 Å². The minimum atomic E-state index is -0.157. The second kappa shape index (κ2) is 8.20. The standard InChI is InChI=1S/C18H22N2O2/c1-2-3-12-22-17-7-5-4-6-16(17)20-18(21)15-10-8-14(13-19)9-11-15/h4-11H,2-3,12-13,19H2,1H3,(H,20,21). The molecule has 0 aromatic heterocycles. The van der Waals surface area contributed by atoms with E-state index in [0.29, 0.717) is 30.2 Å². The minimum absolute atomic E-state index is 0.157. The van der Waals surface area contributed by atoms with Crippen LogP contribution in [-0.2, 0) is 6.54 Å². The van der Waals surface area contributed by atoms with Crippen molar-refractivity contribution in [1.29, 1.82) is 0 Å². The van der Waals surface area contributed by atoms with Crippen LogP contribution in [0.4, 0.5) is 5.69 Å². The van der Waals surface area contributed by atoms with Crippen LogP contribution in [0.1, 0.15) is 35.7 Å². The van der Waals surface area contributed by atoms with Crippen LogP contribution in [0, 0.1) is 0 Å². The summed E-state index contributed by atoms with van der Waals surface area (Å²) < 4.78 is 5.72. The van der Waals surface area contributed by atoms with Gasteiger partial charge in [0.2, 0.25) is 0 Å². The topological polar surface area (TPSA) is 64.3 Å². The minimum Gasteiger partial charge on any atom is -0.491 e. The summed E-state index contributed by atoms with van der Waals surface area (Å²) in [5, 5.41) is 2.90. The molecule has 3 N–H and O–H groups in total. The molecule has 0 fully saturated rings. The van der Waals surface area contributed by atoms with E-state index in [1.165, 1.54) is 0 Å². The summed E-state index contributed by atoms with van der Waals surface area (Å²) in [6.45, 7) is 3.23. The fraction of sp³-hybridized carbons (Fsp3) is 0.278. The van der Waals surface area contributed by atoms with Crippen LogP contribution < -0.4 is 15.8 Å². The summed E-state index contributed by atoms with van der Waals surface area (Å²) in [6, 6.07) is 14.7. The maximum atomic E-state index is 12.3. The number of carbonyl (C=O) groups is 1. The third-order valence-electron chi connectivity index (χ3n) is 3.34. The van der Waals surface area contributed by atoms with E-state index in [9.17, 15) is 4.79 Å². The number of anilines is 1. The highest BCUT2D eigenvalue weighted by Gasteiger charge is 2.09. The first-order chi connectivity index (χ1) is 10.7. The number of para-hydroxylation sites is 2. The lowest BCUT2D eigenvalue weighted by molar-refractivity contribution is 0.102. The Labute approximate surface area is 131 Å². The number of hydrogen-bond donors (Lipinski definition) is 2. The predicted octanol–water partition coefficient (Wildman–Crippen LogP) is 3.58. The Hall–Kier alpha value is -2.33. The second-order valence-electron chi connectivity index (χ2n) is 5.05. The Bertz CT molecular complexity index is 609. The number of rotatable bonds is 7. The van der Waals surface area contributed by atoms with Gasteiger partial charge < -0.3 is 15.8 Å². The van der Waals surface area contributed by atoms with Crippen LogP contribution in [0.3, 0.4) is 0 Å². The smallest absolute Gasteiger partial charge is 0.255 e. The molecule has 0 aliphatic heterocycles. The van der Waals surface area contributed by atoms with E-state index in [0.717, 1.165) is 18.4 Å². The van der Waals surface area contributed by atoms with Crippen LogP contribution >= 0.6 is 0 Å². The van der Waals surface area contributed by atoms with Crippen LogP contribution in [0.25, 0.3) is 0 Å². The van der Waals surface area contributed by atoms with Gasteiger partial charge in [0.15, 0.2) is 0 Å². The van der Waals surface area contributed by atoms with Gasteiger partial charge in [-0.3, -0.25) is 4.79 Å². The highest BCUT2D eigenvalue weighted by atomic mass is 16.5. The van der Waals surface area contributed by atoms with E-state index in [4.69, 9.17) is 10.5 Å². The Morgan fingerprint density at radius 1 is 1.14 bits per heavy atom. The van der Waals surface area contributed by atoms with Gasteiger partial charge in [-0.25, -0.2) is 0 Å². The monoisotopic (exact) mass is 298 g/mol. The maximum Gasteiger partial charge on any atom is 0.255 e. The third-order valence-corrected chi connectivity index (χ3v) is 3.34. The number of amides is 1. The molecule has 0 aliphatic carbocycles. The van der Waals surface area contributed by atoms with Gasteiger partial charge in [-0.05, 0) is 36.2 Å². The summed E-state index contributed by atoms with van der Waals surface area (Å²) in [6.07, 6.45) is 2.06. The fourth-order valence-electron chi connectivity index (χ4n) is 2.01. The number of unbranched alkanes of at least 4 members (excludes halogenated alkanes) is 1. The van der Waals surface area contributed by atoms with E-state index in [-0.39, 0.29) is 5.91 Å². The summed E-state index contributed by atoms with van der Waals surface area (Å²) in [7, 11) is 0. The Morgan fingerprint density at radius 2 is 1.86 bits per heavy atom. The summed E-state index contributed by atoms with van der Waals surface area (Å²) in [4.78, 5) is 12.3. The molecule has 116 valence electrons. The number of nitrogens with one attached hydrogen (secondary N) is 1. The van der Waals surface area contributed by atoms with Crippen molar-refractivity contribution in [2.45, 2.75) is 26.3 Å². The van der Waals surface area contributed by atoms with Crippen LogP contribution in [0.15, 0.2) is 48.5 Å². The molecule has 2 rings (SSSR count). The largest absolute Gasteiger partial charge is 0.491 e. The SMILES string of the molecule is CCCCOc1ccccc1NC(=O)c1ccc(CN)cc1. The molecular weight excluding hydrogens is 276 g/mol. The molecule has 22 heavy (non-hydrogen) atoms. The molecule has 0 atom stereocenters. The normalized spacial score (nSPS) is 10.3. The molecule has 0 saturated carbocycles. The average Bonchev–Trinajstić information content (AvgIpc) is 2.56. The molecule has 0 radical (unpaired) electrons. The van der Waals surface area contributed by atoms with Crippen molar-refractivity contribution < 1.29 is 9.53 Å². The number of hydrogen-bond acceptors (Lipinski definition) is 3. The number of benzene rings is 2. The number of nitrogens with two attached hydrogens (primary N) is 1.